The molecule has 11 aromatic rings. The van der Waals surface area contributed by atoms with Crippen LogP contribution >= 0.6 is 0 Å². The molecule has 11 rings (SSSR count). The molecule has 0 fully saturated rings. The van der Waals surface area contributed by atoms with Crippen molar-refractivity contribution in [3.05, 3.63) is 194 Å². The summed E-state index contributed by atoms with van der Waals surface area (Å²) in [5, 5.41) is 9.57. The third kappa shape index (κ3) is 4.68. The summed E-state index contributed by atoms with van der Waals surface area (Å²) in [7, 11) is 0. The van der Waals surface area contributed by atoms with E-state index >= 15 is 0 Å². The van der Waals surface area contributed by atoms with Gasteiger partial charge in [0.2, 0.25) is 0 Å². The van der Waals surface area contributed by atoms with Gasteiger partial charge >= 0.3 is 0 Å². The summed E-state index contributed by atoms with van der Waals surface area (Å²) in [6, 6.07) is 69.8. The molecule has 0 aliphatic carbocycles. The van der Waals surface area contributed by atoms with E-state index in [0.29, 0.717) is 0 Å². The molecule has 2 aromatic heterocycles. The summed E-state index contributed by atoms with van der Waals surface area (Å²) < 4.78 is 8.90. The number of nitrogens with zero attached hydrogens (tertiary/aromatic N) is 2. The second-order valence-corrected chi connectivity index (χ2v) is 13.7. The van der Waals surface area contributed by atoms with Crippen molar-refractivity contribution < 1.29 is 4.42 Å². The molecule has 3 nitrogen and oxygen atoms in total. The van der Waals surface area contributed by atoms with Crippen molar-refractivity contribution in [2.24, 2.45) is 0 Å². The standard InChI is InChI=1S/C50H32N2O/c1-2-13-34(14-3-1)40-17-8-10-20-46(40)51(39-25-28-43-42-19-9-11-21-48(42)53-49(43)32-39)38-26-29-47-45(31-38)44-27-23-35-15-6-7-18-41(35)50(44)52(47)37-24-22-33-12-4-5-16-36(33)30-37/h1-32H. The number of hydrogen-bond donors (Lipinski definition) is 0. The van der Waals surface area contributed by atoms with Gasteiger partial charge in [0.15, 0.2) is 0 Å². The quantitative estimate of drug-likeness (QED) is 0.181. The monoisotopic (exact) mass is 676 g/mol. The lowest BCUT2D eigenvalue weighted by Crippen LogP contribution is -2.11. The number of aromatic nitrogens is 1. The van der Waals surface area contributed by atoms with Crippen LogP contribution in [0.5, 0.6) is 0 Å². The first-order valence-corrected chi connectivity index (χ1v) is 18.1. The van der Waals surface area contributed by atoms with Gasteiger partial charge in [0.1, 0.15) is 11.2 Å². The van der Waals surface area contributed by atoms with Crippen molar-refractivity contribution >= 4 is 82.4 Å². The maximum absolute atomic E-state index is 6.45. The Kier molecular flexibility index (Phi) is 6.55. The fraction of sp³-hybridized carbons (Fsp3) is 0. The molecule has 0 atom stereocenters. The van der Waals surface area contributed by atoms with Gasteiger partial charge in [-0.05, 0) is 76.3 Å². The van der Waals surface area contributed by atoms with Gasteiger partial charge in [-0.2, -0.15) is 0 Å². The minimum Gasteiger partial charge on any atom is -0.456 e. The van der Waals surface area contributed by atoms with E-state index in [1.165, 1.54) is 48.9 Å². The Morgan fingerprint density at radius 2 is 1.06 bits per heavy atom. The minimum absolute atomic E-state index is 0.867. The summed E-state index contributed by atoms with van der Waals surface area (Å²) in [6.07, 6.45) is 0. The van der Waals surface area contributed by atoms with Gasteiger partial charge in [0.05, 0.1) is 16.7 Å². The van der Waals surface area contributed by atoms with Crippen LogP contribution in [0.15, 0.2) is 199 Å². The van der Waals surface area contributed by atoms with Gasteiger partial charge in [0.25, 0.3) is 0 Å². The summed E-state index contributed by atoms with van der Waals surface area (Å²) in [5.74, 6) is 0. The highest BCUT2D eigenvalue weighted by molar-refractivity contribution is 6.19. The van der Waals surface area contributed by atoms with Crippen molar-refractivity contribution in [2.75, 3.05) is 4.90 Å². The Morgan fingerprint density at radius 3 is 1.96 bits per heavy atom. The van der Waals surface area contributed by atoms with Crippen LogP contribution < -0.4 is 4.90 Å². The lowest BCUT2D eigenvalue weighted by atomic mass is 10.0. The van der Waals surface area contributed by atoms with Crippen LogP contribution in [0.4, 0.5) is 17.1 Å². The van der Waals surface area contributed by atoms with Gasteiger partial charge in [-0.3, -0.25) is 0 Å². The Balaban J connectivity index is 1.20. The van der Waals surface area contributed by atoms with E-state index in [1.807, 2.05) is 12.1 Å². The second kappa shape index (κ2) is 11.7. The summed E-state index contributed by atoms with van der Waals surface area (Å²) in [4.78, 5) is 2.38. The summed E-state index contributed by atoms with van der Waals surface area (Å²) in [6.45, 7) is 0. The highest BCUT2D eigenvalue weighted by Crippen LogP contribution is 2.45. The number of furan rings is 1. The molecule has 0 aliphatic rings. The topological polar surface area (TPSA) is 21.3 Å². The molecule has 248 valence electrons. The smallest absolute Gasteiger partial charge is 0.137 e. The van der Waals surface area contributed by atoms with Crippen LogP contribution in [0, 0.1) is 0 Å². The normalized spacial score (nSPS) is 11.8. The Bertz CT molecular complexity index is 3190. The number of para-hydroxylation sites is 2. The molecule has 0 saturated heterocycles. The predicted molar refractivity (Wildman–Crippen MR) is 223 cm³/mol. The lowest BCUT2D eigenvalue weighted by Gasteiger charge is -2.28. The van der Waals surface area contributed by atoms with Crippen LogP contribution in [-0.4, -0.2) is 4.57 Å². The number of rotatable bonds is 5. The number of anilines is 3. The van der Waals surface area contributed by atoms with Crippen LogP contribution in [0.3, 0.4) is 0 Å². The minimum atomic E-state index is 0.867. The molecule has 3 heteroatoms. The van der Waals surface area contributed by atoms with Crippen molar-refractivity contribution in [1.29, 1.82) is 0 Å². The fourth-order valence-corrected chi connectivity index (χ4v) is 8.30. The average molecular weight is 677 g/mol. The van der Waals surface area contributed by atoms with Crippen LogP contribution in [0.1, 0.15) is 0 Å². The Morgan fingerprint density at radius 1 is 0.396 bits per heavy atom. The third-order valence-corrected chi connectivity index (χ3v) is 10.7. The maximum atomic E-state index is 6.45. The maximum Gasteiger partial charge on any atom is 0.137 e. The molecule has 0 N–H and O–H groups in total. The van der Waals surface area contributed by atoms with Gasteiger partial charge in [0, 0.05) is 55.6 Å². The molecule has 0 radical (unpaired) electrons. The van der Waals surface area contributed by atoms with E-state index in [4.69, 9.17) is 4.42 Å². The zero-order chi connectivity index (χ0) is 34.9. The molecule has 0 unspecified atom stereocenters. The lowest BCUT2D eigenvalue weighted by molar-refractivity contribution is 0.669. The molecule has 0 amide bonds. The number of benzene rings is 9. The van der Waals surface area contributed by atoms with E-state index in [9.17, 15) is 0 Å². The first kappa shape index (κ1) is 29.6. The van der Waals surface area contributed by atoms with Gasteiger partial charge < -0.3 is 13.9 Å². The molecule has 0 bridgehead atoms. The first-order chi connectivity index (χ1) is 26.3. The van der Waals surface area contributed by atoms with E-state index in [-0.39, 0.29) is 0 Å². The zero-order valence-electron chi connectivity index (χ0n) is 28.8. The van der Waals surface area contributed by atoms with Crippen LogP contribution in [0.25, 0.3) is 82.1 Å². The molecular formula is C50H32N2O. The molecule has 53 heavy (non-hydrogen) atoms. The highest BCUT2D eigenvalue weighted by atomic mass is 16.3. The number of fused-ring (bicyclic) bond motifs is 9. The molecular weight excluding hydrogens is 645 g/mol. The number of hydrogen-bond acceptors (Lipinski definition) is 2. The molecule has 0 aliphatic heterocycles. The van der Waals surface area contributed by atoms with Crippen molar-refractivity contribution in [1.82, 2.24) is 4.57 Å². The molecule has 0 spiro atoms. The van der Waals surface area contributed by atoms with Crippen molar-refractivity contribution in [3.63, 3.8) is 0 Å². The first-order valence-electron chi connectivity index (χ1n) is 18.1. The second-order valence-electron chi connectivity index (χ2n) is 13.7. The molecule has 2 heterocycles. The molecule has 0 saturated carbocycles. The fourth-order valence-electron chi connectivity index (χ4n) is 8.30. The largest absolute Gasteiger partial charge is 0.456 e. The zero-order valence-corrected chi connectivity index (χ0v) is 28.8. The summed E-state index contributed by atoms with van der Waals surface area (Å²) >= 11 is 0. The molecule has 9 aromatic carbocycles. The highest BCUT2D eigenvalue weighted by Gasteiger charge is 2.22. The van der Waals surface area contributed by atoms with Gasteiger partial charge in [-0.15, -0.1) is 0 Å². The summed E-state index contributed by atoms with van der Waals surface area (Å²) in [5.41, 5.74) is 10.8. The Hall–Kier alpha value is -7.10. The van der Waals surface area contributed by atoms with E-state index in [1.54, 1.807) is 0 Å². The van der Waals surface area contributed by atoms with Crippen molar-refractivity contribution in [3.8, 4) is 16.8 Å². The van der Waals surface area contributed by atoms with Gasteiger partial charge in [-0.1, -0.05) is 133 Å². The SMILES string of the molecule is c1ccc(-c2ccccc2N(c2ccc3c(c2)oc2ccccc23)c2ccc3c(c2)c2ccc4ccccc4c2n3-c2ccc3ccccc3c2)cc1. The third-order valence-electron chi connectivity index (χ3n) is 10.7. The predicted octanol–water partition coefficient (Wildman–Crippen LogP) is 14.1. The average Bonchev–Trinajstić information content (AvgIpc) is 3.77. The van der Waals surface area contributed by atoms with Crippen LogP contribution in [0.2, 0.25) is 0 Å². The Labute approximate surface area is 306 Å². The van der Waals surface area contributed by atoms with Gasteiger partial charge in [-0.25, -0.2) is 0 Å². The van der Waals surface area contributed by atoms with Crippen molar-refractivity contribution in [2.45, 2.75) is 0 Å². The van der Waals surface area contributed by atoms with E-state index in [2.05, 4.69) is 191 Å². The van der Waals surface area contributed by atoms with E-state index < -0.39 is 0 Å². The van der Waals surface area contributed by atoms with Crippen LogP contribution in [-0.2, 0) is 0 Å². The van der Waals surface area contributed by atoms with E-state index in [0.717, 1.165) is 50.3 Å².